The minimum absolute atomic E-state index is 0.0912. The highest BCUT2D eigenvalue weighted by molar-refractivity contribution is 6.31. The highest BCUT2D eigenvalue weighted by atomic mass is 35.5. The summed E-state index contributed by atoms with van der Waals surface area (Å²) in [4.78, 5) is 23.7. The summed E-state index contributed by atoms with van der Waals surface area (Å²) in [6.45, 7) is 4.22. The van der Waals surface area contributed by atoms with E-state index >= 15 is 0 Å². The molecule has 0 aliphatic heterocycles. The first-order valence-corrected chi connectivity index (χ1v) is 10.0. The van der Waals surface area contributed by atoms with Gasteiger partial charge in [0, 0.05) is 29.5 Å². The first-order chi connectivity index (χ1) is 14.4. The second-order valence-electron chi connectivity index (χ2n) is 6.95. The van der Waals surface area contributed by atoms with Crippen LogP contribution in [0.1, 0.15) is 36.5 Å². The van der Waals surface area contributed by atoms with Crippen molar-refractivity contribution in [2.24, 2.45) is 0 Å². The smallest absolute Gasteiger partial charge is 0.336 e. The fraction of sp³-hybridized carbons (Fsp3) is 0.304. The van der Waals surface area contributed by atoms with Gasteiger partial charge in [-0.05, 0) is 49.1 Å². The van der Waals surface area contributed by atoms with Gasteiger partial charge < -0.3 is 13.9 Å². The van der Waals surface area contributed by atoms with Gasteiger partial charge in [0.2, 0.25) is 0 Å². The number of aryl methyl sites for hydroxylation is 2. The summed E-state index contributed by atoms with van der Waals surface area (Å²) in [5.74, 6) is -0.265. The highest BCUT2D eigenvalue weighted by Crippen LogP contribution is 2.30. The van der Waals surface area contributed by atoms with Crippen LogP contribution in [0.5, 0.6) is 5.75 Å². The van der Waals surface area contributed by atoms with Crippen LogP contribution in [0.3, 0.4) is 0 Å². The molecule has 158 valence electrons. The molecule has 1 aromatic heterocycles. The van der Waals surface area contributed by atoms with Crippen molar-refractivity contribution >= 4 is 28.5 Å². The van der Waals surface area contributed by atoms with Gasteiger partial charge in [-0.3, -0.25) is 4.79 Å². The number of ether oxygens (including phenoxy) is 2. The molecular weight excluding hydrogens is 411 g/mol. The Morgan fingerprint density at radius 1 is 1.17 bits per heavy atom. The summed E-state index contributed by atoms with van der Waals surface area (Å²) in [7, 11) is 0. The number of halogens is 2. The fourth-order valence-corrected chi connectivity index (χ4v) is 3.26. The number of benzene rings is 2. The molecule has 3 rings (SSSR count). The Kier molecular flexibility index (Phi) is 7.11. The van der Waals surface area contributed by atoms with E-state index in [0.29, 0.717) is 29.9 Å². The minimum atomic E-state index is -0.455. The van der Waals surface area contributed by atoms with Gasteiger partial charge in [-0.2, -0.15) is 0 Å². The van der Waals surface area contributed by atoms with Crippen LogP contribution >= 0.6 is 11.6 Å². The van der Waals surface area contributed by atoms with Crippen LogP contribution < -0.4 is 10.4 Å². The molecule has 5 nitrogen and oxygen atoms in total. The molecular formula is C23H22ClFO5. The summed E-state index contributed by atoms with van der Waals surface area (Å²) in [5.41, 5.74) is 2.08. The lowest BCUT2D eigenvalue weighted by atomic mass is 10.0. The molecule has 30 heavy (non-hydrogen) atoms. The van der Waals surface area contributed by atoms with Crippen LogP contribution in [0.15, 0.2) is 45.6 Å². The van der Waals surface area contributed by atoms with Crippen molar-refractivity contribution in [2.45, 2.75) is 39.7 Å². The van der Waals surface area contributed by atoms with Crippen molar-refractivity contribution in [1.29, 1.82) is 0 Å². The van der Waals surface area contributed by atoms with Crippen LogP contribution in [0.2, 0.25) is 5.02 Å². The van der Waals surface area contributed by atoms with Crippen molar-refractivity contribution in [2.75, 3.05) is 6.61 Å². The standard InChI is InChI=1S/C23H22ClFO5/c1-3-8-28-22(26)7-5-15-10-18-14(2)9-23(27)30-21(18)12-20(15)29-13-16-4-6-17(25)11-19(16)24/h4,6,9-12H,3,5,7-8,13H2,1-2H3. The van der Waals surface area contributed by atoms with E-state index in [2.05, 4.69) is 0 Å². The number of carbonyl (C=O) groups excluding carboxylic acids is 1. The Morgan fingerprint density at radius 2 is 1.97 bits per heavy atom. The monoisotopic (exact) mass is 432 g/mol. The molecule has 0 bridgehead atoms. The van der Waals surface area contributed by atoms with E-state index in [0.717, 1.165) is 22.9 Å². The molecule has 0 N–H and O–H groups in total. The maximum Gasteiger partial charge on any atom is 0.336 e. The number of hydrogen-bond donors (Lipinski definition) is 0. The average Bonchev–Trinajstić information content (AvgIpc) is 2.70. The van der Waals surface area contributed by atoms with Gasteiger partial charge in [0.15, 0.2) is 0 Å². The SMILES string of the molecule is CCCOC(=O)CCc1cc2c(C)cc(=O)oc2cc1OCc1ccc(F)cc1Cl. The van der Waals surface area contributed by atoms with Gasteiger partial charge in [0.25, 0.3) is 0 Å². The summed E-state index contributed by atoms with van der Waals surface area (Å²) < 4.78 is 29.7. The van der Waals surface area contributed by atoms with Gasteiger partial charge in [0.1, 0.15) is 23.8 Å². The largest absolute Gasteiger partial charge is 0.488 e. The number of carbonyl (C=O) groups is 1. The summed E-state index contributed by atoms with van der Waals surface area (Å²) in [6, 6.07) is 8.97. The molecule has 3 aromatic rings. The first-order valence-electron chi connectivity index (χ1n) is 9.67. The van der Waals surface area contributed by atoms with Crippen molar-refractivity contribution in [3.8, 4) is 5.75 Å². The van der Waals surface area contributed by atoms with Crippen LogP contribution in [0.4, 0.5) is 4.39 Å². The zero-order valence-corrected chi connectivity index (χ0v) is 17.6. The maximum absolute atomic E-state index is 13.3. The maximum atomic E-state index is 13.3. The van der Waals surface area contributed by atoms with E-state index in [-0.39, 0.29) is 24.0 Å². The van der Waals surface area contributed by atoms with Crippen molar-refractivity contribution < 1.29 is 23.1 Å². The van der Waals surface area contributed by atoms with E-state index in [4.69, 9.17) is 25.5 Å². The van der Waals surface area contributed by atoms with Crippen LogP contribution in [0.25, 0.3) is 11.0 Å². The molecule has 0 radical (unpaired) electrons. The molecule has 0 spiro atoms. The predicted octanol–water partition coefficient (Wildman–Crippen LogP) is 5.36. The number of esters is 1. The molecule has 0 unspecified atom stereocenters. The van der Waals surface area contributed by atoms with Gasteiger partial charge in [-0.15, -0.1) is 0 Å². The second-order valence-corrected chi connectivity index (χ2v) is 7.36. The zero-order valence-electron chi connectivity index (χ0n) is 16.8. The summed E-state index contributed by atoms with van der Waals surface area (Å²) in [6.07, 6.45) is 1.34. The van der Waals surface area contributed by atoms with Gasteiger partial charge >= 0.3 is 11.6 Å². The third-order valence-electron chi connectivity index (χ3n) is 4.60. The van der Waals surface area contributed by atoms with Crippen LogP contribution in [0, 0.1) is 12.7 Å². The molecule has 0 atom stereocenters. The summed E-state index contributed by atoms with van der Waals surface area (Å²) >= 11 is 6.08. The zero-order chi connectivity index (χ0) is 21.7. The van der Waals surface area contributed by atoms with E-state index < -0.39 is 11.4 Å². The van der Waals surface area contributed by atoms with Gasteiger partial charge in [-0.1, -0.05) is 24.6 Å². The molecule has 0 saturated carbocycles. The summed E-state index contributed by atoms with van der Waals surface area (Å²) in [5, 5.41) is 1.02. The Labute approximate surface area is 178 Å². The van der Waals surface area contributed by atoms with Crippen LogP contribution in [-0.2, 0) is 22.6 Å². The van der Waals surface area contributed by atoms with E-state index in [1.165, 1.54) is 18.2 Å². The molecule has 1 heterocycles. The third-order valence-corrected chi connectivity index (χ3v) is 4.95. The Morgan fingerprint density at radius 3 is 2.70 bits per heavy atom. The lowest BCUT2D eigenvalue weighted by Gasteiger charge is -2.14. The molecule has 0 amide bonds. The average molecular weight is 433 g/mol. The van der Waals surface area contributed by atoms with Crippen molar-refractivity contribution in [3.05, 3.63) is 74.3 Å². The minimum Gasteiger partial charge on any atom is -0.488 e. The fourth-order valence-electron chi connectivity index (χ4n) is 3.04. The predicted molar refractivity (Wildman–Crippen MR) is 113 cm³/mol. The lowest BCUT2D eigenvalue weighted by molar-refractivity contribution is -0.143. The molecule has 7 heteroatoms. The molecule has 0 aliphatic rings. The normalized spacial score (nSPS) is 10.9. The number of rotatable bonds is 8. The quantitative estimate of drug-likeness (QED) is 0.354. The van der Waals surface area contributed by atoms with Crippen LogP contribution in [-0.4, -0.2) is 12.6 Å². The second kappa shape index (κ2) is 9.76. The topological polar surface area (TPSA) is 65.7 Å². The Balaban J connectivity index is 1.90. The molecule has 0 aliphatic carbocycles. The third kappa shape index (κ3) is 5.39. The number of hydrogen-bond acceptors (Lipinski definition) is 5. The highest BCUT2D eigenvalue weighted by Gasteiger charge is 2.14. The molecule has 2 aromatic carbocycles. The Hall–Kier alpha value is -2.86. The van der Waals surface area contributed by atoms with E-state index in [1.54, 1.807) is 12.1 Å². The van der Waals surface area contributed by atoms with Crippen molar-refractivity contribution in [1.82, 2.24) is 0 Å². The first kappa shape index (κ1) is 21.8. The van der Waals surface area contributed by atoms with E-state index in [9.17, 15) is 14.0 Å². The molecule has 0 saturated heterocycles. The number of fused-ring (bicyclic) bond motifs is 1. The van der Waals surface area contributed by atoms with Gasteiger partial charge in [-0.25, -0.2) is 9.18 Å². The lowest BCUT2D eigenvalue weighted by Crippen LogP contribution is -2.08. The van der Waals surface area contributed by atoms with Gasteiger partial charge in [0.05, 0.1) is 11.6 Å². The Bertz CT molecular complexity index is 1120. The van der Waals surface area contributed by atoms with Crippen molar-refractivity contribution in [3.63, 3.8) is 0 Å². The molecule has 0 fully saturated rings. The van der Waals surface area contributed by atoms with E-state index in [1.807, 2.05) is 19.9 Å².